The van der Waals surface area contributed by atoms with E-state index in [0.717, 1.165) is 5.56 Å². The lowest BCUT2D eigenvalue weighted by molar-refractivity contribution is 0.0598. The number of rotatable bonds is 4. The largest absolute Gasteiger partial charge is 0.465 e. The zero-order chi connectivity index (χ0) is 16.1. The van der Waals surface area contributed by atoms with Gasteiger partial charge in [0.15, 0.2) is 0 Å². The number of hydrogen-bond acceptors (Lipinski definition) is 4. The van der Waals surface area contributed by atoms with Crippen LogP contribution in [0.1, 0.15) is 39.4 Å². The smallest absolute Gasteiger partial charge is 0.339 e. The number of pyridine rings is 1. The molecule has 22 heavy (non-hydrogen) atoms. The van der Waals surface area contributed by atoms with Crippen LogP contribution in [0.4, 0.5) is 0 Å². The van der Waals surface area contributed by atoms with Crippen LogP contribution in [0.3, 0.4) is 0 Å². The number of carbonyl (C=O) groups is 2. The van der Waals surface area contributed by atoms with E-state index in [2.05, 4.69) is 9.72 Å². The highest BCUT2D eigenvalue weighted by molar-refractivity contribution is 5.94. The summed E-state index contributed by atoms with van der Waals surface area (Å²) < 4.78 is 4.61. The summed E-state index contributed by atoms with van der Waals surface area (Å²) in [6.07, 6.45) is 1.35. The SMILES string of the molecule is COC(=O)c1ccc(C(=O)N(C)C(C)c2ccccc2)nc1. The van der Waals surface area contributed by atoms with E-state index in [-0.39, 0.29) is 17.6 Å². The molecule has 0 radical (unpaired) electrons. The number of aromatic nitrogens is 1. The van der Waals surface area contributed by atoms with Gasteiger partial charge in [-0.25, -0.2) is 4.79 Å². The minimum atomic E-state index is -0.475. The second kappa shape index (κ2) is 6.85. The van der Waals surface area contributed by atoms with Crippen molar-refractivity contribution in [1.29, 1.82) is 0 Å². The maximum atomic E-state index is 12.5. The molecule has 5 heteroatoms. The van der Waals surface area contributed by atoms with Gasteiger partial charge in [0.2, 0.25) is 0 Å². The van der Waals surface area contributed by atoms with Gasteiger partial charge in [-0.2, -0.15) is 0 Å². The molecule has 0 N–H and O–H groups in total. The van der Waals surface area contributed by atoms with Gasteiger partial charge in [0, 0.05) is 13.2 Å². The molecule has 1 amide bonds. The fourth-order valence-electron chi connectivity index (χ4n) is 2.07. The summed E-state index contributed by atoms with van der Waals surface area (Å²) in [5, 5.41) is 0. The van der Waals surface area contributed by atoms with Crippen LogP contribution in [-0.2, 0) is 4.74 Å². The number of amides is 1. The van der Waals surface area contributed by atoms with E-state index in [1.807, 2.05) is 37.3 Å². The van der Waals surface area contributed by atoms with Gasteiger partial charge in [0.05, 0.1) is 18.7 Å². The molecule has 0 bridgehead atoms. The topological polar surface area (TPSA) is 59.5 Å². The molecule has 5 nitrogen and oxygen atoms in total. The van der Waals surface area contributed by atoms with Crippen LogP contribution in [0.5, 0.6) is 0 Å². The Balaban J connectivity index is 2.15. The Kier molecular flexibility index (Phi) is 4.88. The Morgan fingerprint density at radius 3 is 2.36 bits per heavy atom. The average Bonchev–Trinajstić information content (AvgIpc) is 2.60. The van der Waals surface area contributed by atoms with Crippen molar-refractivity contribution in [2.24, 2.45) is 0 Å². The minimum Gasteiger partial charge on any atom is -0.465 e. The van der Waals surface area contributed by atoms with Gasteiger partial charge in [-0.1, -0.05) is 30.3 Å². The number of carbonyl (C=O) groups excluding carboxylic acids is 2. The Hall–Kier alpha value is -2.69. The molecule has 0 spiro atoms. The van der Waals surface area contributed by atoms with E-state index >= 15 is 0 Å². The Morgan fingerprint density at radius 1 is 1.14 bits per heavy atom. The Morgan fingerprint density at radius 2 is 1.82 bits per heavy atom. The lowest BCUT2D eigenvalue weighted by Crippen LogP contribution is -2.30. The third-order valence-electron chi connectivity index (χ3n) is 3.59. The molecule has 0 aliphatic heterocycles. The van der Waals surface area contributed by atoms with Crippen LogP contribution in [-0.4, -0.2) is 35.9 Å². The fourth-order valence-corrected chi connectivity index (χ4v) is 2.07. The van der Waals surface area contributed by atoms with Gasteiger partial charge in [-0.3, -0.25) is 9.78 Å². The van der Waals surface area contributed by atoms with E-state index in [1.54, 1.807) is 11.9 Å². The zero-order valence-electron chi connectivity index (χ0n) is 12.8. The average molecular weight is 298 g/mol. The van der Waals surface area contributed by atoms with Gasteiger partial charge < -0.3 is 9.64 Å². The molecular weight excluding hydrogens is 280 g/mol. The van der Waals surface area contributed by atoms with E-state index in [4.69, 9.17) is 0 Å². The van der Waals surface area contributed by atoms with Crippen LogP contribution in [0.25, 0.3) is 0 Å². The predicted molar refractivity (Wildman–Crippen MR) is 82.5 cm³/mol. The van der Waals surface area contributed by atoms with Crippen molar-refractivity contribution in [1.82, 2.24) is 9.88 Å². The first-order valence-corrected chi connectivity index (χ1v) is 6.91. The van der Waals surface area contributed by atoms with E-state index in [0.29, 0.717) is 5.56 Å². The molecule has 114 valence electrons. The van der Waals surface area contributed by atoms with Crippen molar-refractivity contribution in [3.63, 3.8) is 0 Å². The number of methoxy groups -OCH3 is 1. The molecule has 0 saturated heterocycles. The van der Waals surface area contributed by atoms with E-state index < -0.39 is 5.97 Å². The van der Waals surface area contributed by atoms with Crippen molar-refractivity contribution in [3.05, 3.63) is 65.5 Å². The van der Waals surface area contributed by atoms with Gasteiger partial charge in [0.25, 0.3) is 5.91 Å². The highest BCUT2D eigenvalue weighted by Gasteiger charge is 2.20. The van der Waals surface area contributed by atoms with E-state index in [1.165, 1.54) is 25.4 Å². The van der Waals surface area contributed by atoms with Gasteiger partial charge >= 0.3 is 5.97 Å². The Labute approximate surface area is 129 Å². The normalized spacial score (nSPS) is 11.6. The second-order valence-electron chi connectivity index (χ2n) is 4.93. The first-order chi connectivity index (χ1) is 10.5. The molecule has 0 aliphatic carbocycles. The minimum absolute atomic E-state index is 0.0733. The molecule has 1 aromatic carbocycles. The molecule has 2 aromatic rings. The summed E-state index contributed by atoms with van der Waals surface area (Å²) >= 11 is 0. The Bertz CT molecular complexity index is 653. The molecule has 0 fully saturated rings. The van der Waals surface area contributed by atoms with Crippen molar-refractivity contribution in [2.45, 2.75) is 13.0 Å². The van der Waals surface area contributed by atoms with Crippen molar-refractivity contribution in [2.75, 3.05) is 14.2 Å². The predicted octanol–water partition coefficient (Wildman–Crippen LogP) is 2.70. The van der Waals surface area contributed by atoms with Gasteiger partial charge in [-0.15, -0.1) is 0 Å². The quantitative estimate of drug-likeness (QED) is 0.814. The molecule has 2 rings (SSSR count). The molecule has 0 aliphatic rings. The monoisotopic (exact) mass is 298 g/mol. The van der Waals surface area contributed by atoms with Crippen LogP contribution in [0.2, 0.25) is 0 Å². The highest BCUT2D eigenvalue weighted by atomic mass is 16.5. The standard InChI is InChI=1S/C17H18N2O3/c1-12(13-7-5-4-6-8-13)19(2)16(20)15-10-9-14(11-18-15)17(21)22-3/h4-12H,1-3H3. The zero-order valence-corrected chi connectivity index (χ0v) is 12.8. The summed E-state index contributed by atoms with van der Waals surface area (Å²) in [7, 11) is 3.03. The number of benzene rings is 1. The third-order valence-corrected chi connectivity index (χ3v) is 3.59. The molecule has 1 aromatic heterocycles. The van der Waals surface area contributed by atoms with Crippen molar-refractivity contribution in [3.8, 4) is 0 Å². The summed E-state index contributed by atoms with van der Waals surface area (Å²) in [6.45, 7) is 1.95. The summed E-state index contributed by atoms with van der Waals surface area (Å²) in [6, 6.07) is 12.8. The van der Waals surface area contributed by atoms with Crippen molar-refractivity contribution >= 4 is 11.9 Å². The van der Waals surface area contributed by atoms with Crippen LogP contribution in [0.15, 0.2) is 48.7 Å². The molecule has 0 saturated carbocycles. The second-order valence-corrected chi connectivity index (χ2v) is 4.93. The number of hydrogen-bond donors (Lipinski definition) is 0. The molecule has 1 atom stereocenters. The number of esters is 1. The van der Waals surface area contributed by atoms with Gasteiger partial charge in [0.1, 0.15) is 5.69 Å². The first-order valence-electron chi connectivity index (χ1n) is 6.91. The third kappa shape index (κ3) is 3.31. The maximum Gasteiger partial charge on any atom is 0.339 e. The summed E-state index contributed by atoms with van der Waals surface area (Å²) in [5.41, 5.74) is 1.65. The lowest BCUT2D eigenvalue weighted by Gasteiger charge is -2.25. The summed E-state index contributed by atoms with van der Waals surface area (Å²) in [5.74, 6) is -0.676. The van der Waals surface area contributed by atoms with Crippen molar-refractivity contribution < 1.29 is 14.3 Å². The van der Waals surface area contributed by atoms with E-state index in [9.17, 15) is 9.59 Å². The van der Waals surface area contributed by atoms with Crippen LogP contribution in [0, 0.1) is 0 Å². The lowest BCUT2D eigenvalue weighted by atomic mass is 10.1. The first kappa shape index (κ1) is 15.7. The molecule has 1 unspecified atom stereocenters. The number of nitrogens with zero attached hydrogens (tertiary/aromatic N) is 2. The molecule has 1 heterocycles. The highest BCUT2D eigenvalue weighted by Crippen LogP contribution is 2.19. The number of ether oxygens (including phenoxy) is 1. The summed E-state index contributed by atoms with van der Waals surface area (Å²) in [4.78, 5) is 29.5. The van der Waals surface area contributed by atoms with Crippen LogP contribution >= 0.6 is 0 Å². The van der Waals surface area contributed by atoms with Crippen LogP contribution < -0.4 is 0 Å². The molecular formula is C17H18N2O3. The fraction of sp³-hybridized carbons (Fsp3) is 0.235. The van der Waals surface area contributed by atoms with Gasteiger partial charge in [-0.05, 0) is 24.6 Å². The maximum absolute atomic E-state index is 12.5.